The number of rotatable bonds is 5. The van der Waals surface area contributed by atoms with Crippen LogP contribution in [0.15, 0.2) is 34.3 Å². The Balaban J connectivity index is 0.000000292. The van der Waals surface area contributed by atoms with Crippen molar-refractivity contribution >= 4 is 12.1 Å². The minimum Gasteiger partial charge on any atom is -0.406 e. The Morgan fingerprint density at radius 1 is 1.18 bits per heavy atom. The number of alkyl halides is 3. The molecule has 158 valence electrons. The van der Waals surface area contributed by atoms with Gasteiger partial charge in [0, 0.05) is 25.8 Å². The molecule has 0 heterocycles. The van der Waals surface area contributed by atoms with E-state index < -0.39 is 6.36 Å². The molecular formula is C21H31F3N2O2. The molecule has 0 atom stereocenters. The van der Waals surface area contributed by atoms with Crippen LogP contribution in [0.2, 0.25) is 0 Å². The maximum atomic E-state index is 11.6. The van der Waals surface area contributed by atoms with Crippen LogP contribution in [-0.2, 0) is 0 Å². The number of hydrogen-bond donors (Lipinski definition) is 1. The molecule has 1 aromatic carbocycles. The van der Waals surface area contributed by atoms with Gasteiger partial charge >= 0.3 is 6.36 Å². The van der Waals surface area contributed by atoms with Gasteiger partial charge in [0.15, 0.2) is 0 Å². The van der Waals surface area contributed by atoms with Crippen molar-refractivity contribution in [2.24, 2.45) is 21.8 Å². The maximum absolute atomic E-state index is 11.6. The molecule has 0 saturated heterocycles. The van der Waals surface area contributed by atoms with Gasteiger partial charge in [-0.05, 0) is 57.1 Å². The van der Waals surface area contributed by atoms with Crippen molar-refractivity contribution in [2.45, 2.75) is 58.7 Å². The van der Waals surface area contributed by atoms with Gasteiger partial charge in [0.25, 0.3) is 0 Å². The van der Waals surface area contributed by atoms with E-state index in [0.717, 1.165) is 49.9 Å². The highest BCUT2D eigenvalue weighted by Crippen LogP contribution is 2.29. The Labute approximate surface area is 165 Å². The van der Waals surface area contributed by atoms with Gasteiger partial charge in [-0.15, -0.1) is 13.2 Å². The lowest BCUT2D eigenvalue weighted by atomic mass is 9.82. The Hall–Kier alpha value is -1.89. The summed E-state index contributed by atoms with van der Waals surface area (Å²) in [7, 11) is 1.83. The highest BCUT2D eigenvalue weighted by Gasteiger charge is 2.30. The highest BCUT2D eigenvalue weighted by molar-refractivity contribution is 5.91. The Bertz CT molecular complexity index is 605. The number of ether oxygens (including phenoxy) is 1. The first-order valence-corrected chi connectivity index (χ1v) is 9.71. The van der Waals surface area contributed by atoms with Crippen LogP contribution in [0.1, 0.15) is 51.0 Å². The molecule has 1 fully saturated rings. The first-order chi connectivity index (χ1) is 13.3. The van der Waals surface area contributed by atoms with E-state index in [2.05, 4.69) is 21.6 Å². The molecule has 0 aromatic heterocycles. The summed E-state index contributed by atoms with van der Waals surface area (Å²) < 4.78 is 38.5. The van der Waals surface area contributed by atoms with Crippen LogP contribution in [0.4, 0.5) is 13.2 Å². The summed E-state index contributed by atoms with van der Waals surface area (Å²) in [4.78, 5) is 8.76. The Kier molecular flexibility index (Phi) is 10.8. The minimum absolute atomic E-state index is 0.187. The molecule has 28 heavy (non-hydrogen) atoms. The van der Waals surface area contributed by atoms with Crippen molar-refractivity contribution in [3.05, 3.63) is 29.8 Å². The van der Waals surface area contributed by atoms with Crippen molar-refractivity contribution in [3.63, 3.8) is 0 Å². The molecule has 0 spiro atoms. The van der Waals surface area contributed by atoms with E-state index in [1.54, 1.807) is 19.1 Å². The summed E-state index contributed by atoms with van der Waals surface area (Å²) in [6, 6.07) is 5.67. The van der Waals surface area contributed by atoms with E-state index in [-0.39, 0.29) is 5.75 Å². The molecule has 0 radical (unpaired) electrons. The van der Waals surface area contributed by atoms with E-state index in [4.69, 9.17) is 5.11 Å². The van der Waals surface area contributed by atoms with Gasteiger partial charge in [-0.25, -0.2) is 4.99 Å². The number of aliphatic imine (C=N–C) groups is 2. The third-order valence-electron chi connectivity index (χ3n) is 4.60. The third kappa shape index (κ3) is 9.88. The molecule has 4 nitrogen and oxygen atoms in total. The molecular weight excluding hydrogens is 369 g/mol. The van der Waals surface area contributed by atoms with Crippen LogP contribution in [-0.4, -0.2) is 37.2 Å². The fraction of sp³-hybridized carbons (Fsp3) is 0.619. The third-order valence-corrected chi connectivity index (χ3v) is 4.60. The molecule has 0 unspecified atom stereocenters. The minimum atomic E-state index is -4.60. The van der Waals surface area contributed by atoms with Crippen molar-refractivity contribution < 1.29 is 23.0 Å². The lowest BCUT2D eigenvalue weighted by Gasteiger charge is -2.26. The number of hydrogen-bond acceptors (Lipinski definition) is 3. The van der Waals surface area contributed by atoms with Crippen molar-refractivity contribution in [2.75, 3.05) is 13.7 Å². The highest BCUT2D eigenvalue weighted by atomic mass is 19.4. The Morgan fingerprint density at radius 3 is 2.25 bits per heavy atom. The fourth-order valence-electron chi connectivity index (χ4n) is 2.98. The van der Waals surface area contributed by atoms with Crippen LogP contribution in [0.5, 0.6) is 5.75 Å². The number of aliphatic hydroxyl groups excluding tert-OH is 1. The first-order valence-electron chi connectivity index (χ1n) is 9.71. The van der Waals surface area contributed by atoms with E-state index in [9.17, 15) is 13.2 Å². The molecule has 1 aliphatic carbocycles. The summed E-state index contributed by atoms with van der Waals surface area (Å²) in [5, 5.41) is 9.09. The molecule has 7 heteroatoms. The average molecular weight is 400 g/mol. The number of benzene rings is 1. The van der Waals surface area contributed by atoms with Crippen LogP contribution in [0.25, 0.3) is 0 Å². The molecule has 2 rings (SSSR count). The van der Waals surface area contributed by atoms with Crippen LogP contribution >= 0.6 is 0 Å². The topological polar surface area (TPSA) is 54.2 Å². The van der Waals surface area contributed by atoms with Gasteiger partial charge in [0.2, 0.25) is 0 Å². The molecule has 1 aliphatic rings. The smallest absolute Gasteiger partial charge is 0.406 e. The van der Waals surface area contributed by atoms with E-state index in [1.807, 2.05) is 13.3 Å². The second-order valence-corrected chi connectivity index (χ2v) is 6.94. The number of aliphatic hydroxyl groups is 1. The van der Waals surface area contributed by atoms with Gasteiger partial charge in [-0.3, -0.25) is 4.99 Å². The number of amidine groups is 1. The zero-order valence-corrected chi connectivity index (χ0v) is 16.9. The SMILES string of the molecule is CCCC=NC(=NC)C1CCC(CO)CC1.Cc1ccc(OC(F)(F)F)cc1. The number of unbranched alkanes of at least 4 members (excludes halogenated alkanes) is 1. The van der Waals surface area contributed by atoms with Gasteiger partial charge in [-0.2, -0.15) is 0 Å². The standard InChI is InChI=1S/C13H24N2O.C8H7F3O/c1-3-4-9-15-13(14-2)12-7-5-11(10-16)6-8-12;1-6-2-4-7(5-3-6)12-8(9,10)11/h9,11-12,16H,3-8,10H2,1-2H3;2-5H,1H3. The van der Waals surface area contributed by atoms with Gasteiger partial charge in [0.1, 0.15) is 11.6 Å². The monoisotopic (exact) mass is 400 g/mol. The molecule has 0 aliphatic heterocycles. The molecule has 0 amide bonds. The normalized spacial score (nSPS) is 20.6. The van der Waals surface area contributed by atoms with E-state index in [0.29, 0.717) is 18.4 Å². The second-order valence-electron chi connectivity index (χ2n) is 6.94. The molecule has 1 N–H and O–H groups in total. The van der Waals surface area contributed by atoms with Crippen LogP contribution < -0.4 is 4.74 Å². The number of nitrogens with zero attached hydrogens (tertiary/aromatic N) is 2. The van der Waals surface area contributed by atoms with E-state index in [1.165, 1.54) is 12.1 Å². The van der Waals surface area contributed by atoms with Crippen LogP contribution in [0.3, 0.4) is 0 Å². The number of aryl methyl sites for hydroxylation is 1. The summed E-state index contributed by atoms with van der Waals surface area (Å²) in [6.07, 6.45) is 4.04. The lowest BCUT2D eigenvalue weighted by molar-refractivity contribution is -0.274. The van der Waals surface area contributed by atoms with Crippen LogP contribution in [0, 0.1) is 18.8 Å². The predicted octanol–water partition coefficient (Wildman–Crippen LogP) is 5.58. The summed E-state index contributed by atoms with van der Waals surface area (Å²) in [5.41, 5.74) is 0.893. The maximum Gasteiger partial charge on any atom is 0.573 e. The Morgan fingerprint density at radius 2 is 1.79 bits per heavy atom. The zero-order chi connectivity index (χ0) is 21.0. The first kappa shape index (κ1) is 24.1. The lowest BCUT2D eigenvalue weighted by Crippen LogP contribution is -2.22. The van der Waals surface area contributed by atoms with Gasteiger partial charge in [-0.1, -0.05) is 31.0 Å². The van der Waals surface area contributed by atoms with Gasteiger partial charge < -0.3 is 9.84 Å². The summed E-state index contributed by atoms with van der Waals surface area (Å²) >= 11 is 0. The largest absolute Gasteiger partial charge is 0.573 e. The number of halogens is 3. The molecule has 0 bridgehead atoms. The quantitative estimate of drug-likeness (QED) is 0.518. The van der Waals surface area contributed by atoms with Crippen molar-refractivity contribution in [1.29, 1.82) is 0 Å². The second kappa shape index (κ2) is 12.5. The zero-order valence-electron chi connectivity index (χ0n) is 16.9. The van der Waals surface area contributed by atoms with E-state index >= 15 is 0 Å². The summed E-state index contributed by atoms with van der Waals surface area (Å²) in [6.45, 7) is 4.28. The molecule has 1 saturated carbocycles. The van der Waals surface area contributed by atoms with Gasteiger partial charge in [0.05, 0.1) is 0 Å². The fourth-order valence-corrected chi connectivity index (χ4v) is 2.98. The van der Waals surface area contributed by atoms with Crippen molar-refractivity contribution in [1.82, 2.24) is 0 Å². The average Bonchev–Trinajstić information content (AvgIpc) is 2.67. The molecule has 1 aromatic rings. The van der Waals surface area contributed by atoms with Crippen molar-refractivity contribution in [3.8, 4) is 5.75 Å². The predicted molar refractivity (Wildman–Crippen MR) is 107 cm³/mol. The summed E-state index contributed by atoms with van der Waals surface area (Å²) in [5.74, 6) is 1.84.